The minimum atomic E-state index is -0.760. The van der Waals surface area contributed by atoms with Gasteiger partial charge in [0.25, 0.3) is 17.3 Å². The second-order valence-electron chi connectivity index (χ2n) is 5.07. The van der Waals surface area contributed by atoms with Crippen molar-refractivity contribution in [1.82, 2.24) is 0 Å². The van der Waals surface area contributed by atoms with E-state index < -0.39 is 27.1 Å². The summed E-state index contributed by atoms with van der Waals surface area (Å²) in [5.74, 6) is -0.702. The van der Waals surface area contributed by atoms with Gasteiger partial charge in [-0.25, -0.2) is 0 Å². The summed E-state index contributed by atoms with van der Waals surface area (Å²) in [5, 5.41) is 25.1. The summed E-state index contributed by atoms with van der Waals surface area (Å²) >= 11 is 5.87. The summed E-state index contributed by atoms with van der Waals surface area (Å²) in [6.45, 7) is 3.01. The average Bonchev–Trinajstić information content (AvgIpc) is 2.50. The fraction of sp³-hybridized carbons (Fsp3) is 0.133. The molecule has 0 aliphatic carbocycles. The lowest BCUT2D eigenvalue weighted by Gasteiger charge is -2.09. The summed E-state index contributed by atoms with van der Waals surface area (Å²) in [7, 11) is 0. The fourth-order valence-electron chi connectivity index (χ4n) is 2.12. The first kappa shape index (κ1) is 17.4. The Labute approximate surface area is 141 Å². The van der Waals surface area contributed by atoms with Crippen molar-refractivity contribution in [3.05, 3.63) is 72.3 Å². The van der Waals surface area contributed by atoms with Crippen molar-refractivity contribution in [3.63, 3.8) is 0 Å². The molecule has 0 fully saturated rings. The monoisotopic (exact) mass is 349 g/mol. The van der Waals surface area contributed by atoms with Gasteiger partial charge in [-0.05, 0) is 31.5 Å². The molecule has 2 aromatic carbocycles. The van der Waals surface area contributed by atoms with Gasteiger partial charge >= 0.3 is 0 Å². The molecule has 0 heterocycles. The number of benzene rings is 2. The summed E-state index contributed by atoms with van der Waals surface area (Å²) in [5.41, 5.74) is -0.129. The number of hydrogen-bond acceptors (Lipinski definition) is 5. The summed E-state index contributed by atoms with van der Waals surface area (Å²) in [6.07, 6.45) is 0. The van der Waals surface area contributed by atoms with Crippen LogP contribution in [0.4, 0.5) is 17.1 Å². The van der Waals surface area contributed by atoms with E-state index in [-0.39, 0.29) is 11.1 Å². The van der Waals surface area contributed by atoms with E-state index in [9.17, 15) is 25.0 Å². The largest absolute Gasteiger partial charge is 0.322 e. The first-order valence-electron chi connectivity index (χ1n) is 6.71. The van der Waals surface area contributed by atoms with Crippen LogP contribution < -0.4 is 5.32 Å². The highest BCUT2D eigenvalue weighted by Crippen LogP contribution is 2.30. The molecule has 1 N–H and O–H groups in total. The van der Waals surface area contributed by atoms with Gasteiger partial charge in [-0.3, -0.25) is 25.0 Å². The van der Waals surface area contributed by atoms with Crippen molar-refractivity contribution in [2.45, 2.75) is 13.8 Å². The molecular weight excluding hydrogens is 338 g/mol. The van der Waals surface area contributed by atoms with Gasteiger partial charge in [-0.1, -0.05) is 17.7 Å². The Kier molecular flexibility index (Phi) is 4.79. The van der Waals surface area contributed by atoms with Crippen LogP contribution in [0.2, 0.25) is 5.02 Å². The van der Waals surface area contributed by atoms with Crippen LogP contribution in [0.15, 0.2) is 30.3 Å². The molecule has 0 saturated heterocycles. The molecule has 0 bridgehead atoms. The zero-order valence-electron chi connectivity index (χ0n) is 12.7. The molecule has 0 atom stereocenters. The van der Waals surface area contributed by atoms with E-state index >= 15 is 0 Å². The van der Waals surface area contributed by atoms with E-state index in [2.05, 4.69) is 5.32 Å². The second-order valence-corrected chi connectivity index (χ2v) is 5.50. The number of nitro benzene ring substituents is 2. The van der Waals surface area contributed by atoms with Crippen LogP contribution in [0.3, 0.4) is 0 Å². The maximum absolute atomic E-state index is 12.3. The molecule has 9 heteroatoms. The highest BCUT2D eigenvalue weighted by molar-refractivity contribution is 6.31. The summed E-state index contributed by atoms with van der Waals surface area (Å²) in [4.78, 5) is 32.9. The van der Waals surface area contributed by atoms with E-state index in [1.54, 1.807) is 19.1 Å². The van der Waals surface area contributed by atoms with E-state index in [0.29, 0.717) is 10.7 Å². The zero-order chi connectivity index (χ0) is 18.0. The van der Waals surface area contributed by atoms with Crippen LogP contribution in [0, 0.1) is 34.1 Å². The molecule has 2 rings (SSSR count). The topological polar surface area (TPSA) is 115 Å². The molecule has 0 aromatic heterocycles. The van der Waals surface area contributed by atoms with E-state index in [0.717, 1.165) is 17.7 Å². The lowest BCUT2D eigenvalue weighted by molar-refractivity contribution is -0.395. The Morgan fingerprint density at radius 1 is 1.04 bits per heavy atom. The first-order valence-corrected chi connectivity index (χ1v) is 7.09. The Morgan fingerprint density at radius 2 is 1.58 bits per heavy atom. The molecule has 1 amide bonds. The predicted octanol–water partition coefficient (Wildman–Crippen LogP) is 4.03. The highest BCUT2D eigenvalue weighted by Gasteiger charge is 2.25. The molecule has 124 valence electrons. The number of anilines is 1. The van der Waals surface area contributed by atoms with Crippen LogP contribution >= 0.6 is 11.6 Å². The number of hydrogen-bond donors (Lipinski definition) is 1. The van der Waals surface area contributed by atoms with Crippen molar-refractivity contribution in [2.75, 3.05) is 5.32 Å². The Morgan fingerprint density at radius 3 is 2.08 bits per heavy atom. The number of nitro groups is 2. The highest BCUT2D eigenvalue weighted by atomic mass is 35.5. The minimum absolute atomic E-state index is 0.111. The van der Waals surface area contributed by atoms with Crippen molar-refractivity contribution in [3.8, 4) is 0 Å². The molecule has 0 aliphatic heterocycles. The Balaban J connectivity index is 2.47. The van der Waals surface area contributed by atoms with Gasteiger partial charge in [0.2, 0.25) is 0 Å². The van der Waals surface area contributed by atoms with Gasteiger partial charge in [0.1, 0.15) is 5.56 Å². The fourth-order valence-corrected chi connectivity index (χ4v) is 2.29. The molecule has 0 radical (unpaired) electrons. The van der Waals surface area contributed by atoms with E-state index in [1.165, 1.54) is 13.0 Å². The van der Waals surface area contributed by atoms with Crippen molar-refractivity contribution in [1.29, 1.82) is 0 Å². The molecule has 0 unspecified atom stereocenters. The SMILES string of the molecule is Cc1ccc(Cl)cc1NC(=O)c1cc([N+](=O)[O-])c(C)c([N+](=O)[O-])c1. The molecule has 0 spiro atoms. The van der Waals surface area contributed by atoms with Crippen LogP contribution in [0.5, 0.6) is 0 Å². The first-order chi connectivity index (χ1) is 11.2. The maximum atomic E-state index is 12.3. The van der Waals surface area contributed by atoms with Crippen molar-refractivity contribution >= 4 is 34.6 Å². The number of halogens is 1. The Bertz CT molecular complexity index is 831. The van der Waals surface area contributed by atoms with Crippen LogP contribution in [-0.2, 0) is 0 Å². The van der Waals surface area contributed by atoms with Crippen LogP contribution in [0.25, 0.3) is 0 Å². The lowest BCUT2D eigenvalue weighted by atomic mass is 10.1. The standard InChI is InChI=1S/C15H12ClN3O5/c1-8-3-4-11(16)7-12(8)17-15(20)10-5-13(18(21)22)9(2)14(6-10)19(23)24/h3-7H,1-2H3,(H,17,20). The molecular formula is C15H12ClN3O5. The number of rotatable bonds is 4. The number of nitrogens with zero attached hydrogens (tertiary/aromatic N) is 2. The second kappa shape index (κ2) is 6.63. The average molecular weight is 350 g/mol. The number of nitrogens with one attached hydrogen (secondary N) is 1. The molecule has 24 heavy (non-hydrogen) atoms. The number of aryl methyl sites for hydroxylation is 1. The van der Waals surface area contributed by atoms with Gasteiger partial charge in [0.15, 0.2) is 0 Å². The van der Waals surface area contributed by atoms with Crippen molar-refractivity contribution < 1.29 is 14.6 Å². The lowest BCUT2D eigenvalue weighted by Crippen LogP contribution is -2.14. The van der Waals surface area contributed by atoms with Gasteiger partial charge in [-0.2, -0.15) is 0 Å². The summed E-state index contributed by atoms with van der Waals surface area (Å²) in [6, 6.07) is 6.88. The third-order valence-electron chi connectivity index (χ3n) is 3.46. The van der Waals surface area contributed by atoms with Gasteiger partial charge in [-0.15, -0.1) is 0 Å². The number of amides is 1. The van der Waals surface area contributed by atoms with Crippen LogP contribution in [0.1, 0.15) is 21.5 Å². The molecule has 0 saturated carbocycles. The van der Waals surface area contributed by atoms with Gasteiger partial charge in [0.05, 0.1) is 15.4 Å². The summed E-state index contributed by atoms with van der Waals surface area (Å²) < 4.78 is 0. The number of carbonyl (C=O) groups excluding carboxylic acids is 1. The van der Waals surface area contributed by atoms with E-state index in [1.807, 2.05) is 0 Å². The molecule has 2 aromatic rings. The number of carbonyl (C=O) groups is 1. The molecule has 0 aliphatic rings. The smallest absolute Gasteiger partial charge is 0.279 e. The van der Waals surface area contributed by atoms with Crippen LogP contribution in [-0.4, -0.2) is 15.8 Å². The zero-order valence-corrected chi connectivity index (χ0v) is 13.5. The van der Waals surface area contributed by atoms with Gasteiger partial charge in [0, 0.05) is 22.8 Å². The maximum Gasteiger partial charge on any atom is 0.279 e. The quantitative estimate of drug-likeness (QED) is 0.660. The minimum Gasteiger partial charge on any atom is -0.322 e. The molecule has 8 nitrogen and oxygen atoms in total. The predicted molar refractivity (Wildman–Crippen MR) is 88.6 cm³/mol. The third-order valence-corrected chi connectivity index (χ3v) is 3.69. The third kappa shape index (κ3) is 3.49. The van der Waals surface area contributed by atoms with Crippen molar-refractivity contribution in [2.24, 2.45) is 0 Å². The van der Waals surface area contributed by atoms with Gasteiger partial charge < -0.3 is 5.32 Å². The Hall–Kier alpha value is -3.00. The normalized spacial score (nSPS) is 10.3. The van der Waals surface area contributed by atoms with E-state index in [4.69, 9.17) is 11.6 Å².